The molecule has 10 heteroatoms. The van der Waals surface area contributed by atoms with Crippen molar-refractivity contribution in [3.05, 3.63) is 58.0 Å². The van der Waals surface area contributed by atoms with Crippen LogP contribution in [0, 0.1) is 29.1 Å². The second kappa shape index (κ2) is 6.41. The lowest BCUT2D eigenvalue weighted by molar-refractivity contribution is 0.352. The molecular formula is C15H7BrF5NO2S. The molecule has 0 bridgehead atoms. The van der Waals surface area contributed by atoms with E-state index in [9.17, 15) is 26.2 Å². The van der Waals surface area contributed by atoms with Crippen molar-refractivity contribution in [2.24, 2.45) is 7.05 Å². The largest absolute Gasteiger partial charge is 0.390 e. The topological polar surface area (TPSA) is 31.2 Å². The third kappa shape index (κ3) is 2.93. The molecule has 0 fully saturated rings. The zero-order chi connectivity index (χ0) is 18.5. The predicted molar refractivity (Wildman–Crippen MR) is 83.9 cm³/mol. The van der Waals surface area contributed by atoms with Gasteiger partial charge >= 0.3 is 0 Å². The second-order valence-corrected chi connectivity index (χ2v) is 6.95. The Hall–Kier alpha value is -1.94. The highest BCUT2D eigenvalue weighted by molar-refractivity contribution is 9.10. The van der Waals surface area contributed by atoms with Crippen LogP contribution in [0.15, 0.2) is 33.8 Å². The average Bonchev–Trinajstić information content (AvgIpc) is 2.88. The first kappa shape index (κ1) is 17.9. The molecule has 0 amide bonds. The molecule has 0 aliphatic heterocycles. The van der Waals surface area contributed by atoms with Gasteiger partial charge in [-0.25, -0.2) is 17.4 Å². The van der Waals surface area contributed by atoms with E-state index in [4.69, 9.17) is 0 Å². The SMILES string of the molecule is Cn1cc(Br)c2ccc(S(=O)Oc3c(F)c(F)c(F)c(F)c3F)cc21. The van der Waals surface area contributed by atoms with Crippen molar-refractivity contribution in [3.63, 3.8) is 0 Å². The predicted octanol–water partition coefficient (Wildman–Crippen LogP) is 4.74. The molecule has 1 atom stereocenters. The number of hydrogen-bond donors (Lipinski definition) is 0. The molecule has 3 nitrogen and oxygen atoms in total. The van der Waals surface area contributed by atoms with Crippen molar-refractivity contribution in [2.75, 3.05) is 0 Å². The van der Waals surface area contributed by atoms with Gasteiger partial charge in [-0.1, -0.05) is 6.07 Å². The van der Waals surface area contributed by atoms with Crippen LogP contribution in [0.25, 0.3) is 10.9 Å². The van der Waals surface area contributed by atoms with E-state index in [0.29, 0.717) is 5.52 Å². The first-order valence-electron chi connectivity index (χ1n) is 6.58. The van der Waals surface area contributed by atoms with E-state index in [1.807, 2.05) is 0 Å². The Morgan fingerprint density at radius 2 is 1.56 bits per heavy atom. The van der Waals surface area contributed by atoms with Gasteiger partial charge in [0.2, 0.25) is 45.9 Å². The van der Waals surface area contributed by atoms with E-state index >= 15 is 0 Å². The Morgan fingerprint density at radius 1 is 1.00 bits per heavy atom. The van der Waals surface area contributed by atoms with Crippen LogP contribution < -0.4 is 4.18 Å². The lowest BCUT2D eigenvalue weighted by Crippen LogP contribution is -2.09. The highest BCUT2D eigenvalue weighted by Gasteiger charge is 2.28. The minimum absolute atomic E-state index is 0.00913. The van der Waals surface area contributed by atoms with Crippen molar-refractivity contribution < 1.29 is 30.3 Å². The molecule has 1 heterocycles. The number of aromatic nitrogens is 1. The summed E-state index contributed by atoms with van der Waals surface area (Å²) in [5.41, 5.74) is 0.624. The summed E-state index contributed by atoms with van der Waals surface area (Å²) in [5, 5.41) is 0.777. The third-order valence-corrected chi connectivity index (χ3v) is 5.02. The van der Waals surface area contributed by atoms with Gasteiger partial charge in [0.25, 0.3) is 0 Å². The molecule has 0 N–H and O–H groups in total. The fourth-order valence-corrected chi connectivity index (χ4v) is 3.62. The van der Waals surface area contributed by atoms with Gasteiger partial charge in [-0.3, -0.25) is 0 Å². The molecule has 25 heavy (non-hydrogen) atoms. The monoisotopic (exact) mass is 439 g/mol. The van der Waals surface area contributed by atoms with E-state index in [-0.39, 0.29) is 4.90 Å². The molecule has 132 valence electrons. The summed E-state index contributed by atoms with van der Waals surface area (Å²) in [4.78, 5) is -0.00913. The minimum Gasteiger partial charge on any atom is -0.390 e. The molecule has 3 aromatic rings. The molecule has 1 aromatic heterocycles. The maximum atomic E-state index is 13.6. The zero-order valence-electron chi connectivity index (χ0n) is 12.2. The molecule has 0 radical (unpaired) electrons. The van der Waals surface area contributed by atoms with Gasteiger partial charge in [0, 0.05) is 23.1 Å². The van der Waals surface area contributed by atoms with Gasteiger partial charge in [-0.15, -0.1) is 0 Å². The maximum Gasteiger partial charge on any atom is 0.240 e. The number of hydrogen-bond acceptors (Lipinski definition) is 2. The molecule has 0 spiro atoms. The summed E-state index contributed by atoms with van der Waals surface area (Å²) in [6.45, 7) is 0. The first-order chi connectivity index (χ1) is 11.7. The van der Waals surface area contributed by atoms with Crippen LogP contribution in [0.2, 0.25) is 0 Å². The van der Waals surface area contributed by atoms with Crippen LogP contribution >= 0.6 is 15.9 Å². The zero-order valence-corrected chi connectivity index (χ0v) is 14.7. The summed E-state index contributed by atoms with van der Waals surface area (Å²) in [6.07, 6.45) is 1.74. The fraction of sp³-hybridized carbons (Fsp3) is 0.0667. The normalized spacial score (nSPS) is 12.6. The van der Waals surface area contributed by atoms with Gasteiger partial charge in [0.05, 0.1) is 10.4 Å². The first-order valence-corrected chi connectivity index (χ1v) is 8.45. The minimum atomic E-state index is -2.50. The lowest BCUT2D eigenvalue weighted by Gasteiger charge is -2.09. The van der Waals surface area contributed by atoms with Crippen LogP contribution in [-0.2, 0) is 18.1 Å². The molecule has 0 aliphatic carbocycles. The molecule has 2 aromatic carbocycles. The number of fused-ring (bicyclic) bond motifs is 1. The number of halogens is 6. The Bertz CT molecular complexity index is 1010. The molecule has 1 unspecified atom stereocenters. The van der Waals surface area contributed by atoms with Crippen LogP contribution in [0.3, 0.4) is 0 Å². The second-order valence-electron chi connectivity index (χ2n) is 4.98. The Balaban J connectivity index is 2.02. The van der Waals surface area contributed by atoms with Crippen LogP contribution in [-0.4, -0.2) is 8.78 Å². The molecule has 3 rings (SSSR count). The fourth-order valence-electron chi connectivity index (χ4n) is 2.20. The summed E-state index contributed by atoms with van der Waals surface area (Å²) in [7, 11) is 1.71. The third-order valence-electron chi connectivity index (χ3n) is 3.43. The quantitative estimate of drug-likeness (QED) is 0.335. The standard InChI is InChI=1S/C15H7BrF5NO2S/c1-22-5-8(16)7-3-2-6(4-9(7)22)25(23)24-15-13(20)11(18)10(17)12(19)14(15)21/h2-5H,1H3. The van der Waals surface area contributed by atoms with E-state index < -0.39 is 45.9 Å². The van der Waals surface area contributed by atoms with Crippen molar-refractivity contribution in [3.8, 4) is 5.75 Å². The molecule has 0 aliphatic rings. The van der Waals surface area contributed by atoms with Crippen molar-refractivity contribution in [1.82, 2.24) is 4.57 Å². The van der Waals surface area contributed by atoms with Crippen LogP contribution in [0.4, 0.5) is 22.0 Å². The summed E-state index contributed by atoms with van der Waals surface area (Å²) >= 11 is 0.831. The van der Waals surface area contributed by atoms with Crippen LogP contribution in [0.1, 0.15) is 0 Å². The summed E-state index contributed by atoms with van der Waals surface area (Å²) in [6, 6.07) is 4.35. The van der Waals surface area contributed by atoms with Crippen molar-refractivity contribution in [2.45, 2.75) is 4.90 Å². The number of rotatable bonds is 3. The smallest absolute Gasteiger partial charge is 0.240 e. The number of aryl methyl sites for hydroxylation is 1. The van der Waals surface area contributed by atoms with E-state index in [2.05, 4.69) is 20.1 Å². The molecule has 0 saturated heterocycles. The van der Waals surface area contributed by atoms with Gasteiger partial charge < -0.3 is 8.75 Å². The average molecular weight is 440 g/mol. The van der Waals surface area contributed by atoms with Crippen molar-refractivity contribution >= 4 is 37.9 Å². The van der Waals surface area contributed by atoms with Gasteiger partial charge in [-0.2, -0.15) is 8.78 Å². The summed E-state index contributed by atoms with van der Waals surface area (Å²) in [5.74, 6) is -12.6. The Morgan fingerprint density at radius 3 is 2.16 bits per heavy atom. The van der Waals surface area contributed by atoms with Gasteiger partial charge in [0.15, 0.2) is 0 Å². The van der Waals surface area contributed by atoms with Crippen LogP contribution in [0.5, 0.6) is 5.75 Å². The highest BCUT2D eigenvalue weighted by Crippen LogP contribution is 2.32. The summed E-state index contributed by atoms with van der Waals surface area (Å²) < 4.78 is 85.7. The maximum absolute atomic E-state index is 13.6. The van der Waals surface area contributed by atoms with Gasteiger partial charge in [-0.05, 0) is 28.1 Å². The Labute approximate surface area is 148 Å². The van der Waals surface area contributed by atoms with Crippen molar-refractivity contribution in [1.29, 1.82) is 0 Å². The highest BCUT2D eigenvalue weighted by atomic mass is 79.9. The number of nitrogens with zero attached hydrogens (tertiary/aromatic N) is 1. The Kier molecular flexibility index (Phi) is 4.58. The molecule has 0 saturated carbocycles. The van der Waals surface area contributed by atoms with Gasteiger partial charge in [0.1, 0.15) is 0 Å². The van der Waals surface area contributed by atoms with E-state index in [1.165, 1.54) is 12.1 Å². The molecular weight excluding hydrogens is 433 g/mol. The number of benzene rings is 2. The van der Waals surface area contributed by atoms with E-state index in [1.54, 1.807) is 23.9 Å². The lowest BCUT2D eigenvalue weighted by atomic mass is 10.2. The van der Waals surface area contributed by atoms with E-state index in [0.717, 1.165) is 9.86 Å².